The molecule has 1 N–H and O–H groups in total. The zero-order valence-electron chi connectivity index (χ0n) is 25.5. The van der Waals surface area contributed by atoms with E-state index in [4.69, 9.17) is 18.9 Å². The number of rotatable bonds is 14. The Morgan fingerprint density at radius 3 is 2.02 bits per heavy atom. The topological polar surface area (TPSA) is 124 Å². The molecule has 3 aromatic rings. The average molecular weight is 614 g/mol. The van der Waals surface area contributed by atoms with Crippen molar-refractivity contribution < 1.29 is 37.0 Å². The van der Waals surface area contributed by atoms with Gasteiger partial charge in [-0.3, -0.25) is 13.9 Å². The Morgan fingerprint density at radius 1 is 0.837 bits per heavy atom. The fourth-order valence-corrected chi connectivity index (χ4v) is 6.02. The predicted molar refractivity (Wildman–Crippen MR) is 163 cm³/mol. The zero-order valence-corrected chi connectivity index (χ0v) is 26.4. The van der Waals surface area contributed by atoms with Crippen LogP contribution >= 0.6 is 0 Å². The van der Waals surface area contributed by atoms with Gasteiger partial charge in [-0.1, -0.05) is 36.8 Å². The molecule has 3 aromatic carbocycles. The number of aryl methyl sites for hydroxylation is 1. The van der Waals surface area contributed by atoms with Gasteiger partial charge in [-0.25, -0.2) is 8.42 Å². The number of nitrogens with one attached hydrogen (secondary N) is 1. The van der Waals surface area contributed by atoms with Gasteiger partial charge in [0.1, 0.15) is 24.1 Å². The van der Waals surface area contributed by atoms with Crippen molar-refractivity contribution in [1.82, 2.24) is 10.2 Å². The summed E-state index contributed by atoms with van der Waals surface area (Å²) in [6, 6.07) is 15.5. The molecule has 0 aromatic heterocycles. The molecule has 0 fully saturated rings. The first-order valence-corrected chi connectivity index (χ1v) is 15.0. The summed E-state index contributed by atoms with van der Waals surface area (Å²) in [6.07, 6.45) is 0.308. The molecular weight excluding hydrogens is 574 g/mol. The van der Waals surface area contributed by atoms with Crippen molar-refractivity contribution in [3.05, 3.63) is 71.8 Å². The molecule has 2 amide bonds. The Bertz CT molecular complexity index is 1530. The van der Waals surface area contributed by atoms with Crippen molar-refractivity contribution in [3.8, 4) is 23.0 Å². The first kappa shape index (κ1) is 33.1. The minimum Gasteiger partial charge on any atom is -0.497 e. The fourth-order valence-electron chi connectivity index (χ4n) is 4.59. The second kappa shape index (κ2) is 14.6. The van der Waals surface area contributed by atoms with Gasteiger partial charge in [0.2, 0.25) is 11.8 Å². The lowest BCUT2D eigenvalue weighted by molar-refractivity contribution is -0.140. The normalized spacial score (nSPS) is 11.7. The average Bonchev–Trinajstić information content (AvgIpc) is 3.03. The Morgan fingerprint density at radius 2 is 1.47 bits per heavy atom. The molecule has 0 unspecified atom stereocenters. The van der Waals surface area contributed by atoms with E-state index in [1.165, 1.54) is 64.7 Å². The number of amides is 2. The molecule has 3 rings (SSSR count). The Kier molecular flexibility index (Phi) is 11.2. The number of sulfonamides is 1. The summed E-state index contributed by atoms with van der Waals surface area (Å²) < 4.78 is 51.1. The number of anilines is 1. The standard InChI is InChI=1S/C31H39N3O8S/c1-8-25(31(36)32-3)33(19-22-11-9-21(2)10-12-22)30(35)20-34(26-17-23(39-4)13-15-27(26)40-5)43(37,38)24-14-16-28(41-6)29(18-24)42-7/h9-18,25H,8,19-20H2,1-7H3,(H,32,36)/t25-/m0/s1. The third kappa shape index (κ3) is 7.50. The maximum Gasteiger partial charge on any atom is 0.265 e. The van der Waals surface area contributed by atoms with Crippen molar-refractivity contribution in [1.29, 1.82) is 0 Å². The highest BCUT2D eigenvalue weighted by Crippen LogP contribution is 2.37. The van der Waals surface area contributed by atoms with Crippen LogP contribution in [0, 0.1) is 6.92 Å². The van der Waals surface area contributed by atoms with Gasteiger partial charge >= 0.3 is 0 Å². The molecule has 0 aliphatic carbocycles. The Balaban J connectivity index is 2.19. The summed E-state index contributed by atoms with van der Waals surface area (Å²) in [6.45, 7) is 3.19. The number of ether oxygens (including phenoxy) is 4. The summed E-state index contributed by atoms with van der Waals surface area (Å²) in [4.78, 5) is 28.4. The highest BCUT2D eigenvalue weighted by Gasteiger charge is 2.35. The van der Waals surface area contributed by atoms with Crippen molar-refractivity contribution in [3.63, 3.8) is 0 Å². The number of likely N-dealkylation sites (N-methyl/N-ethyl adjacent to an activating group) is 1. The van der Waals surface area contributed by atoms with E-state index in [2.05, 4.69) is 5.32 Å². The number of nitrogens with zero attached hydrogens (tertiary/aromatic N) is 2. The maximum atomic E-state index is 14.3. The van der Waals surface area contributed by atoms with Gasteiger partial charge in [0.25, 0.3) is 10.0 Å². The van der Waals surface area contributed by atoms with Crippen LogP contribution < -0.4 is 28.6 Å². The van der Waals surface area contributed by atoms with Gasteiger partial charge in [0, 0.05) is 25.7 Å². The summed E-state index contributed by atoms with van der Waals surface area (Å²) in [5, 5.41) is 2.62. The van der Waals surface area contributed by atoms with E-state index < -0.39 is 28.5 Å². The lowest BCUT2D eigenvalue weighted by atomic mass is 10.1. The molecule has 0 aliphatic rings. The van der Waals surface area contributed by atoms with E-state index in [-0.39, 0.29) is 34.5 Å². The summed E-state index contributed by atoms with van der Waals surface area (Å²) in [5.74, 6) is 0.120. The molecule has 12 heteroatoms. The molecule has 11 nitrogen and oxygen atoms in total. The second-order valence-corrected chi connectivity index (χ2v) is 11.5. The highest BCUT2D eigenvalue weighted by atomic mass is 32.2. The molecule has 232 valence electrons. The largest absolute Gasteiger partial charge is 0.497 e. The molecular formula is C31H39N3O8S. The quantitative estimate of drug-likeness (QED) is 0.292. The van der Waals surface area contributed by atoms with Crippen LogP contribution in [0.15, 0.2) is 65.6 Å². The van der Waals surface area contributed by atoms with Crippen LogP contribution in [0.2, 0.25) is 0 Å². The van der Waals surface area contributed by atoms with E-state index in [9.17, 15) is 18.0 Å². The number of methoxy groups -OCH3 is 4. The van der Waals surface area contributed by atoms with E-state index >= 15 is 0 Å². The first-order chi connectivity index (χ1) is 20.5. The van der Waals surface area contributed by atoms with Crippen LogP contribution in [0.1, 0.15) is 24.5 Å². The van der Waals surface area contributed by atoms with Crippen LogP contribution in [0.4, 0.5) is 5.69 Å². The lowest BCUT2D eigenvalue weighted by Crippen LogP contribution is -2.51. The minimum atomic E-state index is -4.42. The summed E-state index contributed by atoms with van der Waals surface area (Å²) in [7, 11) is 2.76. The fraction of sp³-hybridized carbons (Fsp3) is 0.355. The van der Waals surface area contributed by atoms with E-state index in [0.717, 1.165) is 15.4 Å². The monoisotopic (exact) mass is 613 g/mol. The van der Waals surface area contributed by atoms with Crippen molar-refractivity contribution >= 4 is 27.5 Å². The van der Waals surface area contributed by atoms with Crippen LogP contribution in [-0.4, -0.2) is 73.2 Å². The minimum absolute atomic E-state index is 0.0771. The summed E-state index contributed by atoms with van der Waals surface area (Å²) >= 11 is 0. The SMILES string of the molecule is CC[C@@H](C(=O)NC)N(Cc1ccc(C)cc1)C(=O)CN(c1cc(OC)ccc1OC)S(=O)(=O)c1ccc(OC)c(OC)c1. The van der Waals surface area contributed by atoms with Crippen LogP contribution in [-0.2, 0) is 26.2 Å². The smallest absolute Gasteiger partial charge is 0.265 e. The number of carbonyl (C=O) groups excluding carboxylic acids is 2. The Hall–Kier alpha value is -4.45. The van der Waals surface area contributed by atoms with Crippen molar-refractivity contribution in [2.75, 3.05) is 46.3 Å². The van der Waals surface area contributed by atoms with Crippen LogP contribution in [0.5, 0.6) is 23.0 Å². The van der Waals surface area contributed by atoms with Gasteiger partial charge < -0.3 is 29.2 Å². The van der Waals surface area contributed by atoms with E-state index in [1.54, 1.807) is 19.1 Å². The van der Waals surface area contributed by atoms with Crippen molar-refractivity contribution in [2.24, 2.45) is 0 Å². The molecule has 0 spiro atoms. The molecule has 0 radical (unpaired) electrons. The predicted octanol–water partition coefficient (Wildman–Crippen LogP) is 3.78. The number of hydrogen-bond donors (Lipinski definition) is 1. The molecule has 0 saturated heterocycles. The van der Waals surface area contributed by atoms with Gasteiger partial charge in [-0.2, -0.15) is 0 Å². The highest BCUT2D eigenvalue weighted by molar-refractivity contribution is 7.92. The molecule has 0 bridgehead atoms. The maximum absolute atomic E-state index is 14.3. The van der Waals surface area contributed by atoms with E-state index in [0.29, 0.717) is 17.9 Å². The van der Waals surface area contributed by atoms with E-state index in [1.807, 2.05) is 31.2 Å². The summed E-state index contributed by atoms with van der Waals surface area (Å²) in [5.41, 5.74) is 1.90. The number of hydrogen-bond acceptors (Lipinski definition) is 8. The first-order valence-electron chi connectivity index (χ1n) is 13.6. The molecule has 0 heterocycles. The second-order valence-electron chi connectivity index (χ2n) is 9.61. The molecule has 0 saturated carbocycles. The van der Waals surface area contributed by atoms with Crippen LogP contribution in [0.3, 0.4) is 0 Å². The molecule has 43 heavy (non-hydrogen) atoms. The van der Waals surface area contributed by atoms with Crippen molar-refractivity contribution in [2.45, 2.75) is 37.8 Å². The zero-order chi connectivity index (χ0) is 31.7. The van der Waals surface area contributed by atoms with Gasteiger partial charge in [-0.05, 0) is 43.2 Å². The molecule has 0 aliphatic heterocycles. The number of benzene rings is 3. The third-order valence-electron chi connectivity index (χ3n) is 6.98. The molecule has 1 atom stereocenters. The van der Waals surface area contributed by atoms with Gasteiger partial charge in [0.15, 0.2) is 11.5 Å². The lowest BCUT2D eigenvalue weighted by Gasteiger charge is -2.33. The van der Waals surface area contributed by atoms with Gasteiger partial charge in [0.05, 0.1) is 39.0 Å². The van der Waals surface area contributed by atoms with Gasteiger partial charge in [-0.15, -0.1) is 0 Å². The third-order valence-corrected chi connectivity index (χ3v) is 8.74. The van der Waals surface area contributed by atoms with Crippen LogP contribution in [0.25, 0.3) is 0 Å². The number of carbonyl (C=O) groups is 2. The Labute approximate surface area is 253 Å².